The van der Waals surface area contributed by atoms with E-state index >= 15 is 0 Å². The quantitative estimate of drug-likeness (QED) is 0.798. The first-order valence-electron chi connectivity index (χ1n) is 10.6. The maximum atomic E-state index is 13.3. The Morgan fingerprint density at radius 1 is 1.18 bits per heavy atom. The third-order valence-electron chi connectivity index (χ3n) is 6.55. The van der Waals surface area contributed by atoms with Crippen molar-refractivity contribution in [1.29, 1.82) is 0 Å². The molecule has 2 aromatic rings. The molecule has 4 rings (SSSR count). The van der Waals surface area contributed by atoms with Crippen LogP contribution in [0, 0.1) is 5.92 Å². The summed E-state index contributed by atoms with van der Waals surface area (Å²) in [5.74, 6) is -2.51. The van der Waals surface area contributed by atoms with Gasteiger partial charge in [0.25, 0.3) is 0 Å². The van der Waals surface area contributed by atoms with Gasteiger partial charge in [0.1, 0.15) is 0 Å². The number of carbonyl (C=O) groups is 1. The van der Waals surface area contributed by atoms with E-state index in [1.165, 1.54) is 10.9 Å². The van der Waals surface area contributed by atoms with Crippen molar-refractivity contribution >= 4 is 16.8 Å². The lowest BCUT2D eigenvalue weighted by Gasteiger charge is -2.32. The second-order valence-corrected chi connectivity index (χ2v) is 8.48. The van der Waals surface area contributed by atoms with E-state index in [-0.39, 0.29) is 30.7 Å². The van der Waals surface area contributed by atoms with Crippen LogP contribution in [0.15, 0.2) is 24.4 Å². The largest absolute Gasteiger partial charge is 0.353 e. The fourth-order valence-electron chi connectivity index (χ4n) is 4.70. The summed E-state index contributed by atoms with van der Waals surface area (Å²) in [6.45, 7) is 2.15. The van der Waals surface area contributed by atoms with Crippen molar-refractivity contribution in [3.8, 4) is 0 Å². The number of fused-ring (bicyclic) bond motifs is 1. The van der Waals surface area contributed by atoms with Gasteiger partial charge in [-0.15, -0.1) is 0 Å². The van der Waals surface area contributed by atoms with Gasteiger partial charge in [-0.05, 0) is 62.6 Å². The molecule has 1 aromatic heterocycles. The molecule has 4 nitrogen and oxygen atoms in total. The van der Waals surface area contributed by atoms with E-state index in [1.54, 1.807) is 0 Å². The average Bonchev–Trinajstić information content (AvgIpc) is 3.12. The number of nitrogens with zero attached hydrogens (tertiary/aromatic N) is 2. The molecule has 0 bridgehead atoms. The van der Waals surface area contributed by atoms with Crippen LogP contribution in [0.1, 0.15) is 69.9 Å². The molecule has 0 aliphatic heterocycles. The lowest BCUT2D eigenvalue weighted by atomic mass is 9.84. The summed E-state index contributed by atoms with van der Waals surface area (Å²) < 4.78 is 28.7. The highest BCUT2D eigenvalue weighted by molar-refractivity contribution is 5.80. The van der Waals surface area contributed by atoms with Gasteiger partial charge in [-0.3, -0.25) is 9.48 Å². The zero-order valence-electron chi connectivity index (χ0n) is 16.5. The lowest BCUT2D eigenvalue weighted by molar-refractivity contribution is -0.128. The zero-order valence-corrected chi connectivity index (χ0v) is 16.5. The van der Waals surface area contributed by atoms with Crippen molar-refractivity contribution in [2.24, 2.45) is 5.92 Å². The fourth-order valence-corrected chi connectivity index (χ4v) is 4.70. The van der Waals surface area contributed by atoms with Crippen LogP contribution < -0.4 is 5.32 Å². The van der Waals surface area contributed by atoms with E-state index in [0.717, 1.165) is 37.6 Å². The maximum Gasteiger partial charge on any atom is 0.248 e. The second kappa shape index (κ2) is 7.80. The first-order chi connectivity index (χ1) is 13.4. The van der Waals surface area contributed by atoms with Crippen molar-refractivity contribution in [2.75, 3.05) is 0 Å². The number of halogens is 2. The van der Waals surface area contributed by atoms with Gasteiger partial charge in [-0.25, -0.2) is 8.78 Å². The van der Waals surface area contributed by atoms with E-state index in [9.17, 15) is 13.6 Å². The van der Waals surface area contributed by atoms with Crippen LogP contribution in [0.3, 0.4) is 0 Å². The van der Waals surface area contributed by atoms with Crippen LogP contribution in [0.25, 0.3) is 10.9 Å². The predicted octanol–water partition coefficient (Wildman–Crippen LogP) is 5.02. The number of aromatic nitrogens is 2. The maximum absolute atomic E-state index is 13.3. The third kappa shape index (κ3) is 4.06. The minimum atomic E-state index is -2.55. The number of aryl methyl sites for hydroxylation is 1. The molecule has 0 radical (unpaired) electrons. The summed E-state index contributed by atoms with van der Waals surface area (Å²) >= 11 is 0. The van der Waals surface area contributed by atoms with Gasteiger partial charge in [-0.1, -0.05) is 13.0 Å². The summed E-state index contributed by atoms with van der Waals surface area (Å²) in [6.07, 6.45) is 6.99. The van der Waals surface area contributed by atoms with E-state index in [4.69, 9.17) is 0 Å². The summed E-state index contributed by atoms with van der Waals surface area (Å²) in [5, 5.41) is 8.81. The molecule has 1 N–H and O–H groups in total. The molecular weight excluding hydrogens is 360 g/mol. The minimum Gasteiger partial charge on any atom is -0.353 e. The Hall–Kier alpha value is -1.98. The SMILES string of the molecule is CCc1ccc2c(cnn2C2CCC(C(=O)NC3CCC(F)(F)CC3)CC2)c1. The highest BCUT2D eigenvalue weighted by Gasteiger charge is 2.36. The van der Waals surface area contributed by atoms with Crippen molar-refractivity contribution in [3.63, 3.8) is 0 Å². The number of amides is 1. The number of rotatable bonds is 4. The van der Waals surface area contributed by atoms with E-state index in [0.29, 0.717) is 18.9 Å². The van der Waals surface area contributed by atoms with E-state index < -0.39 is 5.92 Å². The normalized spacial score (nSPS) is 25.7. The van der Waals surface area contributed by atoms with Crippen LogP contribution in [-0.4, -0.2) is 27.7 Å². The minimum absolute atomic E-state index is 0.00722. The Morgan fingerprint density at radius 3 is 2.57 bits per heavy atom. The molecule has 0 spiro atoms. The molecule has 2 aliphatic rings. The number of alkyl halides is 2. The molecular formula is C22H29F2N3O. The summed E-state index contributed by atoms with van der Waals surface area (Å²) in [6, 6.07) is 6.74. The van der Waals surface area contributed by atoms with Gasteiger partial charge in [0.05, 0.1) is 17.8 Å². The third-order valence-corrected chi connectivity index (χ3v) is 6.55. The zero-order chi connectivity index (χ0) is 19.7. The lowest BCUT2D eigenvalue weighted by Crippen LogP contribution is -2.43. The van der Waals surface area contributed by atoms with Crippen molar-refractivity contribution in [2.45, 2.75) is 82.7 Å². The van der Waals surface area contributed by atoms with Gasteiger partial charge in [-0.2, -0.15) is 5.10 Å². The molecule has 152 valence electrons. The smallest absolute Gasteiger partial charge is 0.248 e. The van der Waals surface area contributed by atoms with Gasteiger partial charge >= 0.3 is 0 Å². The molecule has 1 amide bonds. The fraction of sp³-hybridized carbons (Fsp3) is 0.636. The average molecular weight is 389 g/mol. The predicted molar refractivity (Wildman–Crippen MR) is 105 cm³/mol. The van der Waals surface area contributed by atoms with Gasteiger partial charge in [0, 0.05) is 30.2 Å². The van der Waals surface area contributed by atoms with Crippen LogP contribution in [0.2, 0.25) is 0 Å². The Morgan fingerprint density at radius 2 is 1.89 bits per heavy atom. The van der Waals surface area contributed by atoms with Crippen LogP contribution in [-0.2, 0) is 11.2 Å². The number of hydrogen-bond donors (Lipinski definition) is 1. The Labute approximate surface area is 164 Å². The highest BCUT2D eigenvalue weighted by Crippen LogP contribution is 2.36. The molecule has 2 aliphatic carbocycles. The van der Waals surface area contributed by atoms with Gasteiger partial charge in [0.15, 0.2) is 0 Å². The Bertz CT molecular complexity index is 829. The Kier molecular flexibility index (Phi) is 5.39. The molecule has 0 unspecified atom stereocenters. The first kappa shape index (κ1) is 19.3. The van der Waals surface area contributed by atoms with Crippen LogP contribution in [0.4, 0.5) is 8.78 Å². The van der Waals surface area contributed by atoms with Crippen molar-refractivity contribution in [3.05, 3.63) is 30.0 Å². The molecule has 2 fully saturated rings. The van der Waals surface area contributed by atoms with Gasteiger partial charge < -0.3 is 5.32 Å². The van der Waals surface area contributed by atoms with E-state index in [2.05, 4.69) is 40.2 Å². The summed E-state index contributed by atoms with van der Waals surface area (Å²) in [5.41, 5.74) is 2.47. The van der Waals surface area contributed by atoms with Crippen molar-refractivity contribution in [1.82, 2.24) is 15.1 Å². The first-order valence-corrected chi connectivity index (χ1v) is 10.6. The standard InChI is InChI=1S/C22H29F2N3O/c1-2-15-3-8-20-17(13-15)14-25-27(20)19-6-4-16(5-7-19)21(28)26-18-9-11-22(23,24)12-10-18/h3,8,13-14,16,18-19H,2,4-7,9-12H2,1H3,(H,26,28). The molecule has 2 saturated carbocycles. The summed E-state index contributed by atoms with van der Waals surface area (Å²) in [7, 11) is 0. The Balaban J connectivity index is 1.33. The van der Waals surface area contributed by atoms with Gasteiger partial charge in [0.2, 0.25) is 11.8 Å². The molecule has 1 heterocycles. The number of nitrogens with one attached hydrogen (secondary N) is 1. The number of benzene rings is 1. The highest BCUT2D eigenvalue weighted by atomic mass is 19.3. The monoisotopic (exact) mass is 389 g/mol. The molecule has 28 heavy (non-hydrogen) atoms. The molecule has 6 heteroatoms. The molecule has 0 saturated heterocycles. The number of hydrogen-bond acceptors (Lipinski definition) is 2. The molecule has 0 atom stereocenters. The summed E-state index contributed by atoms with van der Waals surface area (Å²) in [4.78, 5) is 12.6. The molecule has 1 aromatic carbocycles. The number of carbonyl (C=O) groups excluding carboxylic acids is 1. The van der Waals surface area contributed by atoms with Crippen LogP contribution >= 0.6 is 0 Å². The van der Waals surface area contributed by atoms with E-state index in [1.807, 2.05) is 6.20 Å². The van der Waals surface area contributed by atoms with Crippen LogP contribution in [0.5, 0.6) is 0 Å². The van der Waals surface area contributed by atoms with Crippen molar-refractivity contribution < 1.29 is 13.6 Å². The second-order valence-electron chi connectivity index (χ2n) is 8.48. The topological polar surface area (TPSA) is 46.9 Å².